The number of oxime groups is 1. The Balaban J connectivity index is 1.39. The number of carbonyl (C=O) groups excluding carboxylic acids is 1. The van der Waals surface area contributed by atoms with Gasteiger partial charge in [0, 0.05) is 32.6 Å². The van der Waals surface area contributed by atoms with Crippen LogP contribution in [0.15, 0.2) is 84.0 Å². The molecule has 1 aliphatic rings. The van der Waals surface area contributed by atoms with Gasteiger partial charge in [-0.3, -0.25) is 4.79 Å². The summed E-state index contributed by atoms with van der Waals surface area (Å²) < 4.78 is 11.0. The van der Waals surface area contributed by atoms with Crippen molar-refractivity contribution in [2.75, 3.05) is 46.9 Å². The molecule has 0 spiro atoms. The molecule has 0 N–H and O–H groups in total. The van der Waals surface area contributed by atoms with E-state index < -0.39 is 0 Å². The fourth-order valence-electron chi connectivity index (χ4n) is 3.92. The van der Waals surface area contributed by atoms with E-state index in [-0.39, 0.29) is 12.5 Å². The lowest BCUT2D eigenvalue weighted by molar-refractivity contribution is -0.134. The third-order valence-electron chi connectivity index (χ3n) is 6.19. The maximum absolute atomic E-state index is 12.5. The Bertz CT molecular complexity index is 1120. The number of nitrogens with zero attached hydrogens (tertiary/aromatic N) is 3. The molecule has 36 heavy (non-hydrogen) atoms. The highest BCUT2D eigenvalue weighted by Gasteiger charge is 2.19. The van der Waals surface area contributed by atoms with Crippen molar-refractivity contribution in [3.05, 3.63) is 95.6 Å². The van der Waals surface area contributed by atoms with Crippen molar-refractivity contribution in [1.29, 1.82) is 0 Å². The molecule has 0 saturated carbocycles. The molecule has 0 aliphatic carbocycles. The molecule has 0 aromatic heterocycles. The molecule has 188 valence electrons. The summed E-state index contributed by atoms with van der Waals surface area (Å²) >= 11 is 0. The molecule has 0 unspecified atom stereocenters. The van der Waals surface area contributed by atoms with E-state index in [1.54, 1.807) is 7.11 Å². The van der Waals surface area contributed by atoms with Gasteiger partial charge in [0.05, 0.1) is 12.8 Å². The van der Waals surface area contributed by atoms with Crippen molar-refractivity contribution >= 4 is 11.6 Å². The van der Waals surface area contributed by atoms with Gasteiger partial charge < -0.3 is 24.1 Å². The molecule has 1 amide bonds. The Morgan fingerprint density at radius 2 is 1.50 bits per heavy atom. The first-order chi connectivity index (χ1) is 17.6. The minimum atomic E-state index is 0.0189. The first-order valence-corrected chi connectivity index (χ1v) is 12.2. The monoisotopic (exact) mass is 487 g/mol. The minimum Gasteiger partial charge on any atom is -0.497 e. The Morgan fingerprint density at radius 1 is 0.833 bits per heavy atom. The van der Waals surface area contributed by atoms with E-state index in [0.717, 1.165) is 54.3 Å². The second-order valence-corrected chi connectivity index (χ2v) is 8.82. The molecule has 3 aromatic rings. The van der Waals surface area contributed by atoms with Crippen LogP contribution in [0.1, 0.15) is 16.7 Å². The van der Waals surface area contributed by atoms with Gasteiger partial charge in [-0.15, -0.1) is 0 Å². The van der Waals surface area contributed by atoms with Gasteiger partial charge >= 0.3 is 0 Å². The van der Waals surface area contributed by atoms with E-state index in [4.69, 9.17) is 14.3 Å². The van der Waals surface area contributed by atoms with Crippen molar-refractivity contribution in [1.82, 2.24) is 9.80 Å². The minimum absolute atomic E-state index is 0.0189. The van der Waals surface area contributed by atoms with Crippen molar-refractivity contribution in [3.8, 4) is 11.5 Å². The lowest BCUT2D eigenvalue weighted by Gasteiger charge is -2.32. The number of benzene rings is 3. The van der Waals surface area contributed by atoms with Gasteiger partial charge in [-0.2, -0.15) is 0 Å². The highest BCUT2D eigenvalue weighted by molar-refractivity contribution is 6.01. The van der Waals surface area contributed by atoms with E-state index in [1.165, 1.54) is 0 Å². The van der Waals surface area contributed by atoms with E-state index in [9.17, 15) is 4.79 Å². The van der Waals surface area contributed by atoms with Crippen LogP contribution in [0.25, 0.3) is 0 Å². The number of ether oxygens (including phenoxy) is 2. The standard InChI is InChI=1S/C29H33N3O4/c1-31-16-18-32(19-17-31)29(33)22-35-27-14-10-25(11-15-27)28(20-23-6-4-3-5-7-23)30-36-21-24-8-12-26(34-2)13-9-24/h3-15H,16-22H2,1-2H3. The quantitative estimate of drug-likeness (QED) is 0.319. The van der Waals surface area contributed by atoms with Crippen LogP contribution in [-0.2, 0) is 22.7 Å². The summed E-state index contributed by atoms with van der Waals surface area (Å²) in [5, 5.41) is 4.48. The van der Waals surface area contributed by atoms with Crippen LogP contribution in [0, 0.1) is 0 Å². The number of piperazine rings is 1. The second-order valence-electron chi connectivity index (χ2n) is 8.82. The van der Waals surface area contributed by atoms with Gasteiger partial charge in [-0.1, -0.05) is 47.6 Å². The maximum atomic E-state index is 12.5. The van der Waals surface area contributed by atoms with Crippen molar-refractivity contribution in [2.24, 2.45) is 5.16 Å². The van der Waals surface area contributed by atoms with E-state index in [2.05, 4.69) is 29.2 Å². The van der Waals surface area contributed by atoms with Gasteiger partial charge in [0.2, 0.25) is 0 Å². The highest BCUT2D eigenvalue weighted by Crippen LogP contribution is 2.17. The first kappa shape index (κ1) is 25.3. The molecule has 0 bridgehead atoms. The van der Waals surface area contributed by atoms with Crippen molar-refractivity contribution < 1.29 is 19.1 Å². The van der Waals surface area contributed by atoms with Gasteiger partial charge in [-0.25, -0.2) is 0 Å². The topological polar surface area (TPSA) is 63.6 Å². The SMILES string of the molecule is COc1ccc(CON=C(Cc2ccccc2)c2ccc(OCC(=O)N3CCN(C)CC3)cc2)cc1. The number of amides is 1. The van der Waals surface area contributed by atoms with E-state index >= 15 is 0 Å². The molecule has 7 nitrogen and oxygen atoms in total. The molecule has 0 radical (unpaired) electrons. The number of hydrogen-bond acceptors (Lipinski definition) is 6. The molecular formula is C29H33N3O4. The Morgan fingerprint density at radius 3 is 2.17 bits per heavy atom. The van der Waals surface area contributed by atoms with Gasteiger partial charge in [0.25, 0.3) is 5.91 Å². The average Bonchev–Trinajstić information content (AvgIpc) is 2.93. The van der Waals surface area contributed by atoms with Crippen LogP contribution in [0.2, 0.25) is 0 Å². The zero-order valence-electron chi connectivity index (χ0n) is 20.9. The molecular weight excluding hydrogens is 454 g/mol. The number of likely N-dealkylation sites (N-methyl/N-ethyl adjacent to an activating group) is 1. The summed E-state index contributed by atoms with van der Waals surface area (Å²) in [6, 6.07) is 25.5. The number of carbonyl (C=O) groups is 1. The van der Waals surface area contributed by atoms with Crippen LogP contribution in [0.5, 0.6) is 11.5 Å². The summed E-state index contributed by atoms with van der Waals surface area (Å²) in [6.07, 6.45) is 0.631. The van der Waals surface area contributed by atoms with Crippen LogP contribution in [-0.4, -0.2) is 68.4 Å². The fraction of sp³-hybridized carbons (Fsp3) is 0.310. The lowest BCUT2D eigenvalue weighted by Crippen LogP contribution is -2.48. The molecule has 4 rings (SSSR count). The van der Waals surface area contributed by atoms with E-state index in [1.807, 2.05) is 71.6 Å². The van der Waals surface area contributed by atoms with Gasteiger partial charge in [0.15, 0.2) is 6.61 Å². The van der Waals surface area contributed by atoms with Crippen LogP contribution in [0.4, 0.5) is 0 Å². The third-order valence-corrected chi connectivity index (χ3v) is 6.19. The average molecular weight is 488 g/mol. The fourth-order valence-corrected chi connectivity index (χ4v) is 3.92. The lowest BCUT2D eigenvalue weighted by atomic mass is 10.0. The van der Waals surface area contributed by atoms with Crippen LogP contribution in [0.3, 0.4) is 0 Å². The summed E-state index contributed by atoms with van der Waals surface area (Å²) in [7, 11) is 3.72. The summed E-state index contributed by atoms with van der Waals surface area (Å²) in [6.45, 7) is 3.67. The molecule has 1 aliphatic heterocycles. The zero-order chi connectivity index (χ0) is 25.2. The molecule has 0 atom stereocenters. The number of hydrogen-bond donors (Lipinski definition) is 0. The van der Waals surface area contributed by atoms with Gasteiger partial charge in [-0.05, 0) is 60.1 Å². The first-order valence-electron chi connectivity index (χ1n) is 12.2. The Labute approximate surface area is 212 Å². The molecule has 1 heterocycles. The summed E-state index contributed by atoms with van der Waals surface area (Å²) in [5.74, 6) is 1.48. The maximum Gasteiger partial charge on any atom is 0.260 e. The van der Waals surface area contributed by atoms with Crippen LogP contribution >= 0.6 is 0 Å². The zero-order valence-corrected chi connectivity index (χ0v) is 20.9. The highest BCUT2D eigenvalue weighted by atomic mass is 16.6. The predicted molar refractivity (Wildman–Crippen MR) is 140 cm³/mol. The summed E-state index contributed by atoms with van der Waals surface area (Å²) in [5.41, 5.74) is 3.90. The number of rotatable bonds is 10. The largest absolute Gasteiger partial charge is 0.497 e. The van der Waals surface area contributed by atoms with Crippen molar-refractivity contribution in [2.45, 2.75) is 13.0 Å². The van der Waals surface area contributed by atoms with E-state index in [0.29, 0.717) is 18.8 Å². The molecule has 1 fully saturated rings. The Hall–Kier alpha value is -3.84. The normalized spacial score (nSPS) is 14.4. The van der Waals surface area contributed by atoms with Gasteiger partial charge in [0.1, 0.15) is 18.1 Å². The number of methoxy groups -OCH3 is 1. The molecule has 7 heteroatoms. The smallest absolute Gasteiger partial charge is 0.260 e. The molecule has 3 aromatic carbocycles. The Kier molecular flexibility index (Phi) is 8.94. The predicted octanol–water partition coefficient (Wildman–Crippen LogP) is 4.01. The summed E-state index contributed by atoms with van der Waals surface area (Å²) in [4.78, 5) is 22.3. The third kappa shape index (κ3) is 7.33. The molecule has 1 saturated heterocycles. The second kappa shape index (κ2) is 12.7. The van der Waals surface area contributed by atoms with Crippen molar-refractivity contribution in [3.63, 3.8) is 0 Å². The van der Waals surface area contributed by atoms with Crippen LogP contribution < -0.4 is 9.47 Å².